The summed E-state index contributed by atoms with van der Waals surface area (Å²) in [5.41, 5.74) is 0. The average Bonchev–Trinajstić information content (AvgIpc) is 2.70. The second-order valence-corrected chi connectivity index (χ2v) is 11.9. The van der Waals surface area contributed by atoms with Gasteiger partial charge in [0, 0.05) is 0 Å². The zero-order chi connectivity index (χ0) is 20.1. The van der Waals surface area contributed by atoms with E-state index in [-0.39, 0.29) is 31.5 Å². The maximum atomic E-state index is 9.27. The van der Waals surface area contributed by atoms with E-state index in [0.29, 0.717) is 13.0 Å². The van der Waals surface area contributed by atoms with Crippen LogP contribution < -0.4 is 12.4 Å². The average molecular weight is 443 g/mol. The lowest BCUT2D eigenvalue weighted by molar-refractivity contribution is -0.00000910. The fourth-order valence-electron chi connectivity index (χ4n) is 3.27. The van der Waals surface area contributed by atoms with Crippen LogP contribution in [0.15, 0.2) is 0 Å². The molecular weight excluding hydrogens is 395 g/mol. The molecule has 0 rings (SSSR count). The minimum absolute atomic E-state index is 0. The zero-order valence-electron chi connectivity index (χ0n) is 18.4. The molecule has 0 saturated heterocycles. The first-order valence-electron chi connectivity index (χ1n) is 11.5. The molecule has 0 unspecified atom stereocenters. The molecule has 0 radical (unpaired) electrons. The van der Waals surface area contributed by atoms with E-state index in [0.717, 1.165) is 6.42 Å². The predicted molar refractivity (Wildman–Crippen MR) is 119 cm³/mol. The Morgan fingerprint density at radius 2 is 0.857 bits per heavy atom. The van der Waals surface area contributed by atoms with Gasteiger partial charge in [-0.15, -0.1) is 0 Å². The van der Waals surface area contributed by atoms with Gasteiger partial charge in [-0.25, -0.2) is 0 Å². The van der Waals surface area contributed by atoms with E-state index in [1.165, 1.54) is 96.3 Å². The molecule has 0 aromatic carbocycles. The molecule has 0 bridgehead atoms. The topological polar surface area (TPSA) is 69.9 Å². The molecule has 0 atom stereocenters. The van der Waals surface area contributed by atoms with Crippen LogP contribution in [0, 0.1) is 0 Å². The number of unbranched alkanes of at least 4 members (excludes halogenated alkanes) is 15. The molecule has 0 aromatic heterocycles. The van der Waals surface area contributed by atoms with Gasteiger partial charge < -0.3 is 32.5 Å². The Kier molecular flexibility index (Phi) is 26.2. The minimum atomic E-state index is -2.09. The predicted octanol–water partition coefficient (Wildman–Crippen LogP) is 3.09. The summed E-state index contributed by atoms with van der Waals surface area (Å²) in [6, 6.07) is 0. The van der Waals surface area contributed by atoms with Crippen LogP contribution in [-0.2, 0) is 4.74 Å². The first-order valence-corrected chi connectivity index (χ1v) is 14.0. The Labute approximate surface area is 181 Å². The lowest BCUT2D eigenvalue weighted by Crippen LogP contribution is -3.00. The normalized spacial score (nSPS) is 11.6. The summed E-state index contributed by atoms with van der Waals surface area (Å²) < 4.78 is 5.56. The van der Waals surface area contributed by atoms with Gasteiger partial charge in [-0.3, -0.25) is 0 Å². The Hall–Kier alpha value is 0.560. The van der Waals surface area contributed by atoms with Crippen LogP contribution in [0.3, 0.4) is 0 Å². The van der Waals surface area contributed by atoms with Crippen molar-refractivity contribution in [2.75, 3.05) is 32.0 Å². The van der Waals surface area contributed by atoms with Gasteiger partial charge in [0.25, 0.3) is 0 Å². The third-order valence-electron chi connectivity index (χ3n) is 5.41. The van der Waals surface area contributed by atoms with Crippen molar-refractivity contribution in [1.29, 1.82) is 0 Å². The highest BCUT2D eigenvalue weighted by Gasteiger charge is 2.36. The lowest BCUT2D eigenvalue weighted by atomic mass is 10.0. The van der Waals surface area contributed by atoms with Gasteiger partial charge in [-0.2, -0.15) is 0 Å². The van der Waals surface area contributed by atoms with Gasteiger partial charge in [0.15, 0.2) is 25.4 Å². The number of aliphatic hydroxyl groups excluding tert-OH is 3. The number of rotatable bonds is 22. The van der Waals surface area contributed by atoms with E-state index in [4.69, 9.17) is 4.74 Å². The molecule has 6 heteroatoms. The van der Waals surface area contributed by atoms with E-state index >= 15 is 0 Å². The van der Waals surface area contributed by atoms with Crippen molar-refractivity contribution in [3.05, 3.63) is 0 Å². The van der Waals surface area contributed by atoms with Crippen molar-refractivity contribution in [2.24, 2.45) is 0 Å². The molecule has 4 nitrogen and oxygen atoms in total. The van der Waals surface area contributed by atoms with Gasteiger partial charge >= 0.3 is 0 Å². The Morgan fingerprint density at radius 3 is 1.18 bits per heavy atom. The lowest BCUT2D eigenvalue weighted by Gasteiger charge is -2.19. The van der Waals surface area contributed by atoms with E-state index in [9.17, 15) is 15.3 Å². The first-order chi connectivity index (χ1) is 13.2. The third kappa shape index (κ3) is 18.6. The minimum Gasteiger partial charge on any atom is -1.00 e. The van der Waals surface area contributed by atoms with Crippen LogP contribution in [0.25, 0.3) is 0 Å². The molecule has 172 valence electrons. The third-order valence-corrected chi connectivity index (χ3v) is 7.94. The highest BCUT2D eigenvalue weighted by atomic mass is 35.5. The molecule has 28 heavy (non-hydrogen) atoms. The fourth-order valence-corrected chi connectivity index (χ4v) is 4.30. The molecule has 0 spiro atoms. The second-order valence-electron chi connectivity index (χ2n) is 8.11. The van der Waals surface area contributed by atoms with Crippen LogP contribution in [0.5, 0.6) is 0 Å². The highest BCUT2D eigenvalue weighted by molar-refractivity contribution is 7.75. The summed E-state index contributed by atoms with van der Waals surface area (Å²) in [5, 5.41) is 27.8. The molecule has 0 aliphatic carbocycles. The summed E-state index contributed by atoms with van der Waals surface area (Å²) in [4.78, 5) is 0. The van der Waals surface area contributed by atoms with Crippen LogP contribution in [-0.4, -0.2) is 47.3 Å². The number of aliphatic hydroxyl groups is 3. The van der Waals surface area contributed by atoms with Gasteiger partial charge in [-0.05, 0) is 6.42 Å². The van der Waals surface area contributed by atoms with E-state index in [1.807, 2.05) is 0 Å². The van der Waals surface area contributed by atoms with E-state index in [2.05, 4.69) is 6.92 Å². The monoisotopic (exact) mass is 442 g/mol. The van der Waals surface area contributed by atoms with Gasteiger partial charge in [-0.1, -0.05) is 103 Å². The number of hydrogen-bond acceptors (Lipinski definition) is 4. The maximum Gasteiger partial charge on any atom is 0.164 e. The number of halogens is 1. The summed E-state index contributed by atoms with van der Waals surface area (Å²) in [6.45, 7) is 2.94. The quantitative estimate of drug-likeness (QED) is 0.178. The van der Waals surface area contributed by atoms with E-state index < -0.39 is 7.26 Å². The first kappa shape index (κ1) is 30.8. The van der Waals surface area contributed by atoms with Crippen molar-refractivity contribution in [2.45, 2.75) is 110 Å². The Morgan fingerprint density at radius 1 is 0.536 bits per heavy atom. The van der Waals surface area contributed by atoms with E-state index in [1.54, 1.807) is 0 Å². The SMILES string of the molecule is CCCCCCCCCCCCCCCCCCOC[P+](CO)(CO)CO.[Cl-]. The molecule has 0 saturated carbocycles. The summed E-state index contributed by atoms with van der Waals surface area (Å²) in [7, 11) is -2.09. The van der Waals surface area contributed by atoms with Gasteiger partial charge in [0.1, 0.15) is 7.26 Å². The Bertz CT molecular complexity index is 283. The van der Waals surface area contributed by atoms with Crippen LogP contribution in [0.1, 0.15) is 110 Å². The molecule has 0 fully saturated rings. The van der Waals surface area contributed by atoms with Crippen LogP contribution in [0.2, 0.25) is 0 Å². The zero-order valence-corrected chi connectivity index (χ0v) is 20.1. The van der Waals surface area contributed by atoms with Crippen molar-refractivity contribution < 1.29 is 32.5 Å². The van der Waals surface area contributed by atoms with Crippen molar-refractivity contribution in [1.82, 2.24) is 0 Å². The van der Waals surface area contributed by atoms with Crippen molar-refractivity contribution >= 4 is 7.26 Å². The standard InChI is InChI=1S/C22H48O4P.ClH/c1-2-3-4-5-6-7-8-9-10-11-12-13-14-15-16-17-18-26-22-27(19-23,20-24)21-25;/h23-25H,2-22H2,1H3;1H/q+1;/p-1. The summed E-state index contributed by atoms with van der Waals surface area (Å²) in [6.07, 6.45) is 21.6. The molecule has 0 aliphatic rings. The molecule has 0 amide bonds. The fraction of sp³-hybridized carbons (Fsp3) is 1.00. The number of ether oxygens (including phenoxy) is 1. The molecular formula is C22H48ClO4P. The smallest absolute Gasteiger partial charge is 0.164 e. The van der Waals surface area contributed by atoms with Gasteiger partial charge in [0.05, 0.1) is 6.61 Å². The highest BCUT2D eigenvalue weighted by Crippen LogP contribution is 2.55. The Balaban J connectivity index is 0. The second kappa shape index (κ2) is 23.8. The van der Waals surface area contributed by atoms with Crippen molar-refractivity contribution in [3.63, 3.8) is 0 Å². The van der Waals surface area contributed by atoms with Gasteiger partial charge in [0.2, 0.25) is 0 Å². The largest absolute Gasteiger partial charge is 1.00 e. The summed E-state index contributed by atoms with van der Waals surface area (Å²) >= 11 is 0. The number of hydrogen-bond donors (Lipinski definition) is 3. The molecule has 0 aliphatic heterocycles. The van der Waals surface area contributed by atoms with Crippen LogP contribution >= 0.6 is 7.26 Å². The molecule has 3 N–H and O–H groups in total. The summed E-state index contributed by atoms with van der Waals surface area (Å²) in [5.74, 6) is 0. The maximum absolute atomic E-state index is 9.27. The van der Waals surface area contributed by atoms with Crippen molar-refractivity contribution in [3.8, 4) is 0 Å². The molecule has 0 aromatic rings. The molecule has 0 heterocycles. The van der Waals surface area contributed by atoms with Crippen LogP contribution in [0.4, 0.5) is 0 Å².